The monoisotopic (exact) mass is 342 g/mol. The molecule has 128 valence electrons. The summed E-state index contributed by atoms with van der Waals surface area (Å²) in [5.74, 6) is 1.48. The molecule has 2 aromatic heterocycles. The molecule has 0 radical (unpaired) electrons. The molecule has 0 amide bonds. The minimum atomic E-state index is -0.172. The van der Waals surface area contributed by atoms with Gasteiger partial charge in [0.15, 0.2) is 0 Å². The van der Waals surface area contributed by atoms with Gasteiger partial charge in [-0.15, -0.1) is 0 Å². The van der Waals surface area contributed by atoms with Crippen molar-refractivity contribution in [1.82, 2.24) is 14.4 Å². The standard InChI is InChI=1S/C21H18N4O/c1-12-8-15(13-2-3-13)9-16(11-22)20(12)18-10-19(26)25-7-6-17(14-4-5-14)23-21(25)24-18/h6-10,13-14H,2-5H2,1H3. The lowest BCUT2D eigenvalue weighted by molar-refractivity contribution is 0.937. The van der Waals surface area contributed by atoms with Crippen molar-refractivity contribution >= 4 is 5.78 Å². The molecule has 3 aromatic rings. The van der Waals surface area contributed by atoms with Crippen LogP contribution in [-0.4, -0.2) is 14.4 Å². The molecule has 0 bridgehead atoms. The summed E-state index contributed by atoms with van der Waals surface area (Å²) >= 11 is 0. The second-order valence-electron chi connectivity index (χ2n) is 7.42. The van der Waals surface area contributed by atoms with Crippen LogP contribution in [0.3, 0.4) is 0 Å². The first-order chi connectivity index (χ1) is 12.6. The van der Waals surface area contributed by atoms with E-state index < -0.39 is 0 Å². The highest BCUT2D eigenvalue weighted by molar-refractivity contribution is 5.72. The fourth-order valence-electron chi connectivity index (χ4n) is 3.63. The van der Waals surface area contributed by atoms with Crippen LogP contribution in [0.15, 0.2) is 35.3 Å². The lowest BCUT2D eigenvalue weighted by Gasteiger charge is -2.11. The first kappa shape index (κ1) is 15.3. The molecule has 0 atom stereocenters. The maximum Gasteiger partial charge on any atom is 0.259 e. The van der Waals surface area contributed by atoms with Crippen LogP contribution in [0.2, 0.25) is 0 Å². The number of aromatic nitrogens is 3. The molecule has 1 aromatic carbocycles. The van der Waals surface area contributed by atoms with E-state index in [-0.39, 0.29) is 5.56 Å². The minimum absolute atomic E-state index is 0.172. The molecule has 0 spiro atoms. The van der Waals surface area contributed by atoms with Gasteiger partial charge in [-0.1, -0.05) is 6.07 Å². The van der Waals surface area contributed by atoms with Gasteiger partial charge in [-0.2, -0.15) is 5.26 Å². The molecule has 2 saturated carbocycles. The van der Waals surface area contributed by atoms with Crippen LogP contribution in [0.4, 0.5) is 0 Å². The van der Waals surface area contributed by atoms with E-state index in [2.05, 4.69) is 22.1 Å². The van der Waals surface area contributed by atoms with Crippen LogP contribution in [0.5, 0.6) is 0 Å². The molecule has 0 saturated heterocycles. The second-order valence-corrected chi connectivity index (χ2v) is 7.42. The average molecular weight is 342 g/mol. The van der Waals surface area contributed by atoms with Crippen molar-refractivity contribution in [2.75, 3.05) is 0 Å². The third kappa shape index (κ3) is 2.50. The van der Waals surface area contributed by atoms with E-state index >= 15 is 0 Å². The van der Waals surface area contributed by atoms with Crippen molar-refractivity contribution in [3.8, 4) is 17.3 Å². The highest BCUT2D eigenvalue weighted by Crippen LogP contribution is 2.42. The fourth-order valence-corrected chi connectivity index (χ4v) is 3.63. The fraction of sp³-hybridized carbons (Fsp3) is 0.333. The van der Waals surface area contributed by atoms with E-state index in [0.29, 0.717) is 28.9 Å². The summed E-state index contributed by atoms with van der Waals surface area (Å²) in [6.45, 7) is 1.99. The Morgan fingerprint density at radius 1 is 1.12 bits per heavy atom. The Labute approximate surface area is 151 Å². The zero-order valence-corrected chi connectivity index (χ0v) is 14.6. The molecule has 5 heteroatoms. The number of aryl methyl sites for hydroxylation is 1. The van der Waals surface area contributed by atoms with Gasteiger partial charge >= 0.3 is 0 Å². The van der Waals surface area contributed by atoms with E-state index in [0.717, 1.165) is 29.7 Å². The lowest BCUT2D eigenvalue weighted by Crippen LogP contribution is -2.16. The topological polar surface area (TPSA) is 71.0 Å². The highest BCUT2D eigenvalue weighted by Gasteiger charge is 2.27. The average Bonchev–Trinajstić information content (AvgIpc) is 3.53. The quantitative estimate of drug-likeness (QED) is 0.728. The first-order valence-electron chi connectivity index (χ1n) is 9.09. The molecular formula is C21H18N4O. The number of nitriles is 1. The maximum atomic E-state index is 12.6. The van der Waals surface area contributed by atoms with Crippen molar-refractivity contribution < 1.29 is 0 Å². The van der Waals surface area contributed by atoms with Crippen LogP contribution in [-0.2, 0) is 0 Å². The third-order valence-corrected chi connectivity index (χ3v) is 5.34. The SMILES string of the molecule is Cc1cc(C2CC2)cc(C#N)c1-c1cc(=O)n2ccc(C3CC3)nc2n1. The summed E-state index contributed by atoms with van der Waals surface area (Å²) in [6, 6.07) is 9.79. The van der Waals surface area contributed by atoms with Crippen molar-refractivity contribution in [1.29, 1.82) is 5.26 Å². The van der Waals surface area contributed by atoms with Gasteiger partial charge in [0.05, 0.1) is 17.3 Å². The molecule has 0 aliphatic heterocycles. The van der Waals surface area contributed by atoms with Crippen LogP contribution in [0.25, 0.3) is 17.0 Å². The van der Waals surface area contributed by atoms with Crippen molar-refractivity contribution in [2.45, 2.75) is 44.4 Å². The molecule has 5 rings (SSSR count). The molecule has 26 heavy (non-hydrogen) atoms. The second kappa shape index (κ2) is 5.50. The van der Waals surface area contributed by atoms with Crippen LogP contribution in [0, 0.1) is 18.3 Å². The van der Waals surface area contributed by atoms with Crippen LogP contribution < -0.4 is 5.56 Å². The van der Waals surface area contributed by atoms with Gasteiger partial charge < -0.3 is 0 Å². The number of fused-ring (bicyclic) bond motifs is 1. The normalized spacial score (nSPS) is 16.6. The van der Waals surface area contributed by atoms with Crippen LogP contribution >= 0.6 is 0 Å². The van der Waals surface area contributed by atoms with Gasteiger partial charge in [-0.3, -0.25) is 9.20 Å². The summed E-state index contributed by atoms with van der Waals surface area (Å²) in [6.07, 6.45) is 6.42. The van der Waals surface area contributed by atoms with Crippen molar-refractivity contribution in [2.24, 2.45) is 0 Å². The van der Waals surface area contributed by atoms with Crippen LogP contribution in [0.1, 0.15) is 59.9 Å². The molecule has 2 heterocycles. The Bertz CT molecular complexity index is 1150. The smallest absolute Gasteiger partial charge is 0.259 e. The van der Waals surface area contributed by atoms with E-state index in [1.54, 1.807) is 6.20 Å². The zero-order chi connectivity index (χ0) is 17.8. The molecule has 0 unspecified atom stereocenters. The molecule has 2 aliphatic rings. The molecular weight excluding hydrogens is 324 g/mol. The van der Waals surface area contributed by atoms with Gasteiger partial charge in [0.1, 0.15) is 0 Å². The highest BCUT2D eigenvalue weighted by atomic mass is 16.1. The number of hydrogen-bond acceptors (Lipinski definition) is 4. The largest absolute Gasteiger partial charge is 0.269 e. The number of benzene rings is 1. The number of nitrogens with zero attached hydrogens (tertiary/aromatic N) is 4. The Morgan fingerprint density at radius 2 is 1.88 bits per heavy atom. The van der Waals surface area contributed by atoms with Crippen molar-refractivity contribution in [3.63, 3.8) is 0 Å². The predicted molar refractivity (Wildman–Crippen MR) is 98.1 cm³/mol. The van der Waals surface area contributed by atoms with Gasteiger partial charge in [-0.25, -0.2) is 9.97 Å². The Balaban J connectivity index is 1.71. The van der Waals surface area contributed by atoms with E-state index in [1.807, 2.05) is 19.1 Å². The van der Waals surface area contributed by atoms with Gasteiger partial charge in [0.2, 0.25) is 5.78 Å². The Hall–Kier alpha value is -3.00. The Kier molecular flexibility index (Phi) is 3.23. The Morgan fingerprint density at radius 3 is 2.58 bits per heavy atom. The summed E-state index contributed by atoms with van der Waals surface area (Å²) in [5.41, 5.74) is 4.89. The molecule has 2 aliphatic carbocycles. The maximum absolute atomic E-state index is 12.6. The predicted octanol–water partition coefficient (Wildman–Crippen LogP) is 3.69. The molecule has 5 nitrogen and oxygen atoms in total. The van der Waals surface area contributed by atoms with E-state index in [1.165, 1.54) is 28.9 Å². The summed E-state index contributed by atoms with van der Waals surface area (Å²) in [7, 11) is 0. The summed E-state index contributed by atoms with van der Waals surface area (Å²) < 4.78 is 1.47. The van der Waals surface area contributed by atoms with Gasteiger partial charge in [0, 0.05) is 29.4 Å². The van der Waals surface area contributed by atoms with E-state index in [9.17, 15) is 10.1 Å². The third-order valence-electron chi connectivity index (χ3n) is 5.34. The zero-order valence-electron chi connectivity index (χ0n) is 14.6. The molecule has 0 N–H and O–H groups in total. The van der Waals surface area contributed by atoms with Gasteiger partial charge in [0.25, 0.3) is 5.56 Å². The van der Waals surface area contributed by atoms with E-state index in [4.69, 9.17) is 0 Å². The summed E-state index contributed by atoms with van der Waals surface area (Å²) in [5, 5.41) is 9.66. The molecule has 2 fully saturated rings. The van der Waals surface area contributed by atoms with Crippen molar-refractivity contribution in [3.05, 3.63) is 63.2 Å². The lowest BCUT2D eigenvalue weighted by atomic mass is 9.95. The number of rotatable bonds is 3. The minimum Gasteiger partial charge on any atom is -0.269 e. The first-order valence-corrected chi connectivity index (χ1v) is 9.09. The number of hydrogen-bond donors (Lipinski definition) is 0. The van der Waals surface area contributed by atoms with Gasteiger partial charge in [-0.05, 0) is 61.8 Å². The summed E-state index contributed by atoms with van der Waals surface area (Å²) in [4.78, 5) is 21.8.